The molecule has 0 heterocycles. The first-order chi connectivity index (χ1) is 12.1. The minimum Gasteiger partial charge on any atom is -0.449 e. The van der Waals surface area contributed by atoms with Crippen molar-refractivity contribution in [3.8, 4) is 0 Å². The van der Waals surface area contributed by atoms with Gasteiger partial charge in [0.1, 0.15) is 0 Å². The third kappa shape index (κ3) is 3.98. The Kier molecular flexibility index (Phi) is 5.64. The van der Waals surface area contributed by atoms with Crippen molar-refractivity contribution in [3.63, 3.8) is 0 Å². The second-order valence-electron chi connectivity index (χ2n) is 5.32. The molecule has 0 unspecified atom stereocenters. The average molecular weight is 392 g/mol. The number of hydrogen-bond acceptors (Lipinski definition) is 2. The lowest BCUT2D eigenvalue weighted by atomic mass is 10.0. The molecule has 0 radical (unpaired) electrons. The minimum absolute atomic E-state index is 0.0627. The average Bonchev–Trinajstić information content (AvgIpc) is 2.64. The van der Waals surface area contributed by atoms with Crippen LogP contribution in [0.4, 0.5) is 0 Å². The predicted octanol–water partition coefficient (Wildman–Crippen LogP) is 6.59. The molecule has 0 spiro atoms. The SMILES string of the molecule is O=C(OC(c1ccccc1)c1ccccc1)c1c(Cl)ccc(Cl)c1Cl. The Balaban J connectivity index is 1.99. The van der Waals surface area contributed by atoms with Gasteiger partial charge in [-0.15, -0.1) is 0 Å². The highest BCUT2D eigenvalue weighted by molar-refractivity contribution is 6.46. The quantitative estimate of drug-likeness (QED) is 0.370. The van der Waals surface area contributed by atoms with Crippen LogP contribution in [0.3, 0.4) is 0 Å². The highest BCUT2D eigenvalue weighted by atomic mass is 35.5. The summed E-state index contributed by atoms with van der Waals surface area (Å²) in [5.41, 5.74) is 1.75. The zero-order valence-electron chi connectivity index (χ0n) is 13.0. The van der Waals surface area contributed by atoms with E-state index in [0.29, 0.717) is 0 Å². The molecule has 0 saturated carbocycles. The van der Waals surface area contributed by atoms with E-state index in [4.69, 9.17) is 39.5 Å². The lowest BCUT2D eigenvalue weighted by Crippen LogP contribution is -2.14. The molecule has 3 rings (SSSR count). The first-order valence-electron chi connectivity index (χ1n) is 7.52. The van der Waals surface area contributed by atoms with Crippen LogP contribution < -0.4 is 0 Å². The summed E-state index contributed by atoms with van der Waals surface area (Å²) in [5.74, 6) is -0.629. The number of benzene rings is 3. The molecule has 0 atom stereocenters. The monoisotopic (exact) mass is 390 g/mol. The summed E-state index contributed by atoms with van der Waals surface area (Å²) in [6, 6.07) is 22.0. The molecule has 0 aliphatic heterocycles. The van der Waals surface area contributed by atoms with E-state index in [0.717, 1.165) is 11.1 Å². The normalized spacial score (nSPS) is 10.7. The number of carbonyl (C=O) groups excluding carboxylic acids is 1. The van der Waals surface area contributed by atoms with Crippen LogP contribution in [0, 0.1) is 0 Å². The van der Waals surface area contributed by atoms with E-state index in [1.165, 1.54) is 12.1 Å². The molecule has 126 valence electrons. The highest BCUT2D eigenvalue weighted by Crippen LogP contribution is 2.34. The van der Waals surface area contributed by atoms with Crippen molar-refractivity contribution in [2.75, 3.05) is 0 Å². The van der Waals surface area contributed by atoms with Gasteiger partial charge in [-0.05, 0) is 23.3 Å². The van der Waals surface area contributed by atoms with Crippen molar-refractivity contribution in [3.05, 3.63) is 105 Å². The Morgan fingerprint density at radius 3 is 1.72 bits per heavy atom. The van der Waals surface area contributed by atoms with Gasteiger partial charge in [0.2, 0.25) is 0 Å². The zero-order valence-corrected chi connectivity index (χ0v) is 15.2. The van der Waals surface area contributed by atoms with Gasteiger partial charge < -0.3 is 4.74 Å². The molecular formula is C20H13Cl3O2. The summed E-state index contributed by atoms with van der Waals surface area (Å²) in [4.78, 5) is 12.7. The number of esters is 1. The van der Waals surface area contributed by atoms with Crippen LogP contribution in [0.5, 0.6) is 0 Å². The van der Waals surface area contributed by atoms with Crippen LogP contribution in [0.15, 0.2) is 72.8 Å². The van der Waals surface area contributed by atoms with Gasteiger partial charge in [-0.2, -0.15) is 0 Å². The second-order valence-corrected chi connectivity index (χ2v) is 6.52. The topological polar surface area (TPSA) is 26.3 Å². The van der Waals surface area contributed by atoms with Crippen molar-refractivity contribution in [2.45, 2.75) is 6.10 Å². The van der Waals surface area contributed by atoms with E-state index < -0.39 is 12.1 Å². The molecule has 25 heavy (non-hydrogen) atoms. The fraction of sp³-hybridized carbons (Fsp3) is 0.0500. The van der Waals surface area contributed by atoms with Crippen LogP contribution in [0.1, 0.15) is 27.6 Å². The van der Waals surface area contributed by atoms with E-state index in [9.17, 15) is 4.79 Å². The van der Waals surface area contributed by atoms with Gasteiger partial charge in [0, 0.05) is 0 Å². The lowest BCUT2D eigenvalue weighted by molar-refractivity contribution is 0.0378. The first kappa shape index (κ1) is 17.8. The molecule has 0 amide bonds. The maximum Gasteiger partial charge on any atom is 0.342 e. The van der Waals surface area contributed by atoms with Crippen LogP contribution >= 0.6 is 34.8 Å². The number of halogens is 3. The smallest absolute Gasteiger partial charge is 0.342 e. The van der Waals surface area contributed by atoms with E-state index in [-0.39, 0.29) is 20.6 Å². The molecule has 0 aliphatic carbocycles. The molecule has 5 heteroatoms. The Labute approximate surface area is 160 Å². The molecule has 0 aromatic heterocycles. The van der Waals surface area contributed by atoms with E-state index in [1.54, 1.807) is 0 Å². The van der Waals surface area contributed by atoms with Gasteiger partial charge in [0.25, 0.3) is 0 Å². The maximum atomic E-state index is 12.7. The molecule has 0 N–H and O–H groups in total. The number of hydrogen-bond donors (Lipinski definition) is 0. The van der Waals surface area contributed by atoms with Crippen LogP contribution in [-0.4, -0.2) is 5.97 Å². The molecule has 0 aliphatic rings. The summed E-state index contributed by atoms with van der Waals surface area (Å²) in [6.07, 6.45) is -0.582. The number of ether oxygens (including phenoxy) is 1. The number of rotatable bonds is 4. The Morgan fingerprint density at radius 2 is 1.20 bits per heavy atom. The van der Waals surface area contributed by atoms with Gasteiger partial charge in [0.05, 0.1) is 20.6 Å². The van der Waals surface area contributed by atoms with Crippen molar-refractivity contribution in [1.29, 1.82) is 0 Å². The Morgan fingerprint density at radius 1 is 0.720 bits per heavy atom. The molecule has 3 aromatic carbocycles. The summed E-state index contributed by atoms with van der Waals surface area (Å²) < 4.78 is 5.76. The van der Waals surface area contributed by atoms with Gasteiger partial charge in [-0.25, -0.2) is 4.79 Å². The van der Waals surface area contributed by atoms with Gasteiger partial charge in [-0.1, -0.05) is 95.5 Å². The summed E-state index contributed by atoms with van der Waals surface area (Å²) >= 11 is 18.3. The zero-order chi connectivity index (χ0) is 17.8. The Hall–Kier alpha value is -2.00. The van der Waals surface area contributed by atoms with Gasteiger partial charge >= 0.3 is 5.97 Å². The summed E-state index contributed by atoms with van der Waals surface area (Å²) in [7, 11) is 0. The van der Waals surface area contributed by atoms with Crippen LogP contribution in [0.2, 0.25) is 15.1 Å². The van der Waals surface area contributed by atoms with E-state index >= 15 is 0 Å². The Bertz CT molecular complexity index is 841. The molecule has 3 aromatic rings. The molecule has 2 nitrogen and oxygen atoms in total. The van der Waals surface area contributed by atoms with Crippen LogP contribution in [0.25, 0.3) is 0 Å². The largest absolute Gasteiger partial charge is 0.449 e. The third-order valence-corrected chi connectivity index (χ3v) is 4.80. The van der Waals surface area contributed by atoms with Crippen molar-refractivity contribution >= 4 is 40.8 Å². The third-order valence-electron chi connectivity index (χ3n) is 3.68. The highest BCUT2D eigenvalue weighted by Gasteiger charge is 2.24. The fourth-order valence-corrected chi connectivity index (χ4v) is 3.15. The van der Waals surface area contributed by atoms with Crippen molar-refractivity contribution < 1.29 is 9.53 Å². The standard InChI is InChI=1S/C20H13Cl3O2/c21-15-11-12-16(22)18(23)17(15)20(24)25-19(13-7-3-1-4-8-13)14-9-5-2-6-10-14/h1-12,19H. The predicted molar refractivity (Wildman–Crippen MR) is 102 cm³/mol. The summed E-state index contributed by atoms with van der Waals surface area (Å²) in [5, 5.41) is 0.521. The van der Waals surface area contributed by atoms with Gasteiger partial charge in [-0.3, -0.25) is 0 Å². The lowest BCUT2D eigenvalue weighted by Gasteiger charge is -2.20. The van der Waals surface area contributed by atoms with E-state index in [1.807, 2.05) is 60.7 Å². The first-order valence-corrected chi connectivity index (χ1v) is 8.65. The van der Waals surface area contributed by atoms with Crippen molar-refractivity contribution in [1.82, 2.24) is 0 Å². The molecule has 0 saturated heterocycles. The fourth-order valence-electron chi connectivity index (χ4n) is 2.46. The molecule has 0 fully saturated rings. The maximum absolute atomic E-state index is 12.7. The van der Waals surface area contributed by atoms with Crippen molar-refractivity contribution in [2.24, 2.45) is 0 Å². The van der Waals surface area contributed by atoms with Gasteiger partial charge in [0.15, 0.2) is 6.10 Å². The van der Waals surface area contributed by atoms with Crippen LogP contribution in [-0.2, 0) is 4.74 Å². The molecule has 0 bridgehead atoms. The second kappa shape index (κ2) is 7.92. The summed E-state index contributed by atoms with van der Waals surface area (Å²) in [6.45, 7) is 0. The minimum atomic E-state index is -0.629. The number of carbonyl (C=O) groups is 1. The van der Waals surface area contributed by atoms with E-state index in [2.05, 4.69) is 0 Å². The molecular weight excluding hydrogens is 379 g/mol.